The van der Waals surface area contributed by atoms with Gasteiger partial charge in [0, 0.05) is 6.54 Å². The SMILES string of the molecule is CCCNc1nc(-c2ncn[nH]2)nc(C(C)C)c1I. The van der Waals surface area contributed by atoms with Crippen molar-refractivity contribution in [3.05, 3.63) is 15.6 Å². The number of hydrogen-bond acceptors (Lipinski definition) is 5. The Morgan fingerprint density at radius 2 is 2.16 bits per heavy atom. The summed E-state index contributed by atoms with van der Waals surface area (Å²) in [6.07, 6.45) is 2.51. The van der Waals surface area contributed by atoms with Crippen LogP contribution in [0.3, 0.4) is 0 Å². The van der Waals surface area contributed by atoms with E-state index in [9.17, 15) is 0 Å². The predicted molar refractivity (Wildman–Crippen MR) is 83.0 cm³/mol. The molecule has 0 aromatic carbocycles. The Labute approximate surface area is 126 Å². The van der Waals surface area contributed by atoms with Crippen LogP contribution in [-0.4, -0.2) is 31.7 Å². The molecule has 0 aliphatic heterocycles. The van der Waals surface area contributed by atoms with E-state index in [0.29, 0.717) is 17.6 Å². The lowest BCUT2D eigenvalue weighted by Crippen LogP contribution is -2.10. The Kier molecular flexibility index (Phi) is 4.67. The first kappa shape index (κ1) is 14.2. The quantitative estimate of drug-likeness (QED) is 0.790. The van der Waals surface area contributed by atoms with E-state index in [0.717, 1.165) is 28.0 Å². The number of nitrogens with one attached hydrogen (secondary N) is 2. The number of rotatable bonds is 5. The molecule has 0 fully saturated rings. The second-order valence-corrected chi connectivity index (χ2v) is 5.59. The fourth-order valence-corrected chi connectivity index (χ4v) is 2.68. The number of H-pyrrole nitrogens is 1. The van der Waals surface area contributed by atoms with Crippen molar-refractivity contribution in [2.75, 3.05) is 11.9 Å². The molecule has 0 radical (unpaired) electrons. The van der Waals surface area contributed by atoms with Crippen LogP contribution in [0.15, 0.2) is 6.33 Å². The van der Waals surface area contributed by atoms with Gasteiger partial charge in [0.15, 0.2) is 11.6 Å². The van der Waals surface area contributed by atoms with E-state index in [4.69, 9.17) is 0 Å². The van der Waals surface area contributed by atoms with Gasteiger partial charge in [-0.2, -0.15) is 5.10 Å². The summed E-state index contributed by atoms with van der Waals surface area (Å²) in [6.45, 7) is 7.26. The van der Waals surface area contributed by atoms with Gasteiger partial charge in [-0.25, -0.2) is 15.0 Å². The molecule has 0 saturated heterocycles. The van der Waals surface area contributed by atoms with Crippen LogP contribution >= 0.6 is 22.6 Å². The standard InChI is InChI=1S/C12H17IN6/c1-4-5-14-10-8(13)9(7(2)3)17-12(18-10)11-15-6-16-19-11/h6-7H,4-5H2,1-3H3,(H,14,17,18)(H,15,16,19). The number of halogens is 1. The Hall–Kier alpha value is -1.25. The van der Waals surface area contributed by atoms with Crippen LogP contribution in [0.5, 0.6) is 0 Å². The summed E-state index contributed by atoms with van der Waals surface area (Å²) >= 11 is 2.30. The Bertz CT molecular complexity index is 537. The Morgan fingerprint density at radius 1 is 1.37 bits per heavy atom. The van der Waals surface area contributed by atoms with Gasteiger partial charge in [-0.15, -0.1) is 0 Å². The normalized spacial score (nSPS) is 11.0. The molecule has 2 aromatic rings. The molecule has 0 bridgehead atoms. The van der Waals surface area contributed by atoms with E-state index in [2.05, 4.69) is 73.8 Å². The largest absolute Gasteiger partial charge is 0.369 e. The zero-order chi connectivity index (χ0) is 13.8. The minimum absolute atomic E-state index is 0.332. The molecule has 19 heavy (non-hydrogen) atoms. The van der Waals surface area contributed by atoms with Crippen molar-refractivity contribution < 1.29 is 0 Å². The van der Waals surface area contributed by atoms with Gasteiger partial charge in [0.05, 0.1) is 9.26 Å². The number of nitrogens with zero attached hydrogens (tertiary/aromatic N) is 4. The number of anilines is 1. The van der Waals surface area contributed by atoms with Crippen molar-refractivity contribution in [2.24, 2.45) is 0 Å². The summed E-state index contributed by atoms with van der Waals surface area (Å²) in [7, 11) is 0. The fourth-order valence-electron chi connectivity index (χ4n) is 1.63. The fraction of sp³-hybridized carbons (Fsp3) is 0.500. The van der Waals surface area contributed by atoms with Crippen molar-refractivity contribution in [1.82, 2.24) is 25.1 Å². The molecule has 0 spiro atoms. The molecule has 0 atom stereocenters. The van der Waals surface area contributed by atoms with Gasteiger partial charge >= 0.3 is 0 Å². The third kappa shape index (κ3) is 3.20. The van der Waals surface area contributed by atoms with Crippen molar-refractivity contribution >= 4 is 28.4 Å². The van der Waals surface area contributed by atoms with Gasteiger partial charge in [-0.05, 0) is 34.9 Å². The maximum absolute atomic E-state index is 4.59. The first-order chi connectivity index (χ1) is 9.13. The number of hydrogen-bond donors (Lipinski definition) is 2. The van der Waals surface area contributed by atoms with E-state index in [-0.39, 0.29) is 0 Å². The van der Waals surface area contributed by atoms with Crippen LogP contribution in [0.2, 0.25) is 0 Å². The molecule has 102 valence electrons. The molecular formula is C12H17IN6. The summed E-state index contributed by atoms with van der Waals surface area (Å²) in [5.74, 6) is 2.38. The van der Waals surface area contributed by atoms with Gasteiger partial charge in [0.25, 0.3) is 0 Å². The van der Waals surface area contributed by atoms with E-state index >= 15 is 0 Å². The van der Waals surface area contributed by atoms with Crippen molar-refractivity contribution in [1.29, 1.82) is 0 Å². The summed E-state index contributed by atoms with van der Waals surface area (Å²) in [5.41, 5.74) is 1.03. The molecule has 7 heteroatoms. The monoisotopic (exact) mass is 372 g/mol. The van der Waals surface area contributed by atoms with Crippen LogP contribution in [-0.2, 0) is 0 Å². The lowest BCUT2D eigenvalue weighted by molar-refractivity contribution is 0.805. The predicted octanol–water partition coefficient (Wildman–Crippen LogP) is 2.81. The van der Waals surface area contributed by atoms with Crippen molar-refractivity contribution in [2.45, 2.75) is 33.1 Å². The highest BCUT2D eigenvalue weighted by atomic mass is 127. The molecule has 0 aliphatic carbocycles. The van der Waals surface area contributed by atoms with Gasteiger partial charge in [-0.3, -0.25) is 5.10 Å². The first-order valence-electron chi connectivity index (χ1n) is 6.30. The van der Waals surface area contributed by atoms with Gasteiger partial charge < -0.3 is 5.32 Å². The summed E-state index contributed by atoms with van der Waals surface area (Å²) in [5, 5.41) is 9.99. The number of aromatic nitrogens is 5. The topological polar surface area (TPSA) is 79.4 Å². The van der Waals surface area contributed by atoms with Crippen molar-refractivity contribution in [3.63, 3.8) is 0 Å². The number of aromatic amines is 1. The zero-order valence-electron chi connectivity index (χ0n) is 11.2. The minimum atomic E-state index is 0.332. The highest BCUT2D eigenvalue weighted by Crippen LogP contribution is 2.27. The lowest BCUT2D eigenvalue weighted by atomic mass is 10.1. The van der Waals surface area contributed by atoms with Crippen LogP contribution in [0.25, 0.3) is 11.6 Å². The van der Waals surface area contributed by atoms with E-state index in [1.54, 1.807) is 0 Å². The molecule has 2 aromatic heterocycles. The average Bonchev–Trinajstić information content (AvgIpc) is 2.91. The smallest absolute Gasteiger partial charge is 0.199 e. The molecule has 0 unspecified atom stereocenters. The molecule has 0 saturated carbocycles. The third-order valence-electron chi connectivity index (χ3n) is 2.59. The average molecular weight is 372 g/mol. The molecule has 0 amide bonds. The van der Waals surface area contributed by atoms with Gasteiger partial charge in [0.2, 0.25) is 0 Å². The lowest BCUT2D eigenvalue weighted by Gasteiger charge is -2.13. The van der Waals surface area contributed by atoms with E-state index in [1.807, 2.05) is 0 Å². The van der Waals surface area contributed by atoms with Gasteiger partial charge in [-0.1, -0.05) is 20.8 Å². The Morgan fingerprint density at radius 3 is 2.74 bits per heavy atom. The molecule has 2 rings (SSSR count). The molecule has 0 aliphatic rings. The molecule has 2 heterocycles. The van der Waals surface area contributed by atoms with E-state index in [1.165, 1.54) is 6.33 Å². The zero-order valence-corrected chi connectivity index (χ0v) is 13.4. The molecule has 2 N–H and O–H groups in total. The summed E-state index contributed by atoms with van der Waals surface area (Å²) in [6, 6.07) is 0. The van der Waals surface area contributed by atoms with E-state index < -0.39 is 0 Å². The minimum Gasteiger partial charge on any atom is -0.369 e. The van der Waals surface area contributed by atoms with Crippen LogP contribution in [0.4, 0.5) is 5.82 Å². The van der Waals surface area contributed by atoms with Crippen LogP contribution in [0, 0.1) is 3.57 Å². The second kappa shape index (κ2) is 6.27. The third-order valence-corrected chi connectivity index (χ3v) is 3.66. The van der Waals surface area contributed by atoms with Crippen molar-refractivity contribution in [3.8, 4) is 11.6 Å². The maximum atomic E-state index is 4.59. The van der Waals surface area contributed by atoms with Crippen LogP contribution in [0.1, 0.15) is 38.8 Å². The second-order valence-electron chi connectivity index (χ2n) is 4.51. The summed E-state index contributed by atoms with van der Waals surface area (Å²) < 4.78 is 1.07. The Balaban J connectivity index is 2.47. The highest BCUT2D eigenvalue weighted by molar-refractivity contribution is 14.1. The summed E-state index contributed by atoms with van der Waals surface area (Å²) in [4.78, 5) is 13.2. The molecular weight excluding hydrogens is 355 g/mol. The first-order valence-corrected chi connectivity index (χ1v) is 7.38. The van der Waals surface area contributed by atoms with Crippen LogP contribution < -0.4 is 5.32 Å². The molecule has 6 nitrogen and oxygen atoms in total. The van der Waals surface area contributed by atoms with Gasteiger partial charge in [0.1, 0.15) is 12.1 Å². The maximum Gasteiger partial charge on any atom is 0.199 e. The highest BCUT2D eigenvalue weighted by Gasteiger charge is 2.16.